The third kappa shape index (κ3) is 15.0. The molecule has 0 saturated carbocycles. The van der Waals surface area contributed by atoms with Gasteiger partial charge < -0.3 is 28.5 Å². The van der Waals surface area contributed by atoms with Gasteiger partial charge in [0.25, 0.3) is 10.1 Å². The number of nitrogens with zero attached hydrogens (tertiary/aromatic N) is 1. The maximum absolute atomic E-state index is 11.8. The van der Waals surface area contributed by atoms with Gasteiger partial charge in [-0.15, -0.1) is 0 Å². The van der Waals surface area contributed by atoms with Gasteiger partial charge in [0.2, 0.25) is 0 Å². The highest BCUT2D eigenvalue weighted by molar-refractivity contribution is 7.86. The van der Waals surface area contributed by atoms with E-state index in [0.29, 0.717) is 6.42 Å². The molecule has 0 saturated heterocycles. The van der Waals surface area contributed by atoms with Crippen LogP contribution in [0.25, 0.3) is 0 Å². The lowest BCUT2D eigenvalue weighted by Crippen LogP contribution is -3.00. The summed E-state index contributed by atoms with van der Waals surface area (Å²) < 4.78 is 29.6. The van der Waals surface area contributed by atoms with Crippen LogP contribution in [0.5, 0.6) is 0 Å². The zero-order valence-electron chi connectivity index (χ0n) is 13.7. The molecule has 20 heavy (non-hydrogen) atoms. The molecule has 0 radical (unpaired) electrons. The minimum absolute atomic E-state index is 0. The van der Waals surface area contributed by atoms with Crippen LogP contribution in [0.4, 0.5) is 0 Å². The molecule has 0 aromatic carbocycles. The summed E-state index contributed by atoms with van der Waals surface area (Å²) in [6, 6.07) is 0. The second-order valence-electron chi connectivity index (χ2n) is 6.39. The highest BCUT2D eigenvalue weighted by Crippen LogP contribution is 2.11. The molecule has 0 aromatic rings. The molecule has 0 aliphatic rings. The van der Waals surface area contributed by atoms with Gasteiger partial charge in [0.05, 0.1) is 39.5 Å². The Labute approximate surface area is 143 Å². The molecule has 0 rings (SSSR count). The molecule has 4 nitrogen and oxygen atoms in total. The number of hydrogen-bond donors (Lipinski definition) is 0. The molecule has 0 amide bonds. The van der Waals surface area contributed by atoms with Crippen molar-refractivity contribution >= 4 is 10.1 Å². The van der Waals surface area contributed by atoms with Crippen LogP contribution in [0.15, 0.2) is 0 Å². The molecule has 124 valence electrons. The van der Waals surface area contributed by atoms with Crippen molar-refractivity contribution in [3.63, 3.8) is 0 Å². The van der Waals surface area contributed by atoms with Gasteiger partial charge in [-0.3, -0.25) is 4.18 Å². The molecular weight excluding hydrogens is 389 g/mol. The van der Waals surface area contributed by atoms with E-state index in [1.165, 1.54) is 12.8 Å². The van der Waals surface area contributed by atoms with Crippen LogP contribution in [0.2, 0.25) is 0 Å². The first-order chi connectivity index (χ1) is 8.66. The van der Waals surface area contributed by atoms with Crippen LogP contribution in [0.1, 0.15) is 52.4 Å². The highest BCUT2D eigenvalue weighted by Gasteiger charge is 2.17. The Bertz CT molecular complexity index is 326. The van der Waals surface area contributed by atoms with Crippen molar-refractivity contribution in [2.24, 2.45) is 0 Å². The van der Waals surface area contributed by atoms with Crippen molar-refractivity contribution in [1.29, 1.82) is 0 Å². The van der Waals surface area contributed by atoms with Crippen molar-refractivity contribution in [2.75, 3.05) is 33.4 Å². The quantitative estimate of drug-likeness (QED) is 0.201. The smallest absolute Gasteiger partial charge is 0.267 e. The minimum atomic E-state index is -3.36. The number of hydrogen-bond acceptors (Lipinski definition) is 3. The average molecular weight is 421 g/mol. The van der Waals surface area contributed by atoms with E-state index in [4.69, 9.17) is 4.18 Å². The van der Waals surface area contributed by atoms with Gasteiger partial charge >= 0.3 is 0 Å². The number of quaternary nitrogens is 1. The molecule has 1 atom stereocenters. The Balaban J connectivity index is 0. The number of rotatable bonds is 11. The molecule has 0 aliphatic carbocycles. The largest absolute Gasteiger partial charge is 1.00 e. The van der Waals surface area contributed by atoms with Crippen LogP contribution in [-0.4, -0.2) is 52.4 Å². The molecule has 0 aliphatic heterocycles. The Hall–Kier alpha value is 0.600. The summed E-state index contributed by atoms with van der Waals surface area (Å²) in [4.78, 5) is 0. The first-order valence-electron chi connectivity index (χ1n) is 7.37. The molecule has 0 N–H and O–H groups in total. The second kappa shape index (κ2) is 11.2. The zero-order chi connectivity index (χ0) is 14.9. The fraction of sp³-hybridized carbons (Fsp3) is 1.00. The molecule has 1 unspecified atom stereocenters. The normalized spacial score (nSPS) is 13.8. The van der Waals surface area contributed by atoms with Gasteiger partial charge in [0.15, 0.2) is 0 Å². The van der Waals surface area contributed by atoms with Crippen LogP contribution < -0.4 is 24.0 Å². The predicted octanol–water partition coefficient (Wildman–Crippen LogP) is -0.208. The van der Waals surface area contributed by atoms with E-state index in [1.807, 2.05) is 6.92 Å². The maximum atomic E-state index is 11.8. The topological polar surface area (TPSA) is 43.4 Å². The lowest BCUT2D eigenvalue weighted by atomic mass is 10.1. The van der Waals surface area contributed by atoms with E-state index in [9.17, 15) is 8.42 Å². The SMILES string of the molecule is CCCCCCC(C)OS(=O)(=O)CCC[N+](C)(C)C.[I-]. The highest BCUT2D eigenvalue weighted by atomic mass is 127. The number of unbranched alkanes of at least 4 members (excludes halogenated alkanes) is 3. The first kappa shape index (κ1) is 22.9. The van der Waals surface area contributed by atoms with E-state index in [2.05, 4.69) is 28.1 Å². The van der Waals surface area contributed by atoms with Gasteiger partial charge in [0, 0.05) is 6.42 Å². The van der Waals surface area contributed by atoms with Gasteiger partial charge in [-0.2, -0.15) is 8.42 Å². The van der Waals surface area contributed by atoms with Crippen molar-refractivity contribution < 1.29 is 41.1 Å². The summed E-state index contributed by atoms with van der Waals surface area (Å²) in [7, 11) is 2.82. The monoisotopic (exact) mass is 421 g/mol. The summed E-state index contributed by atoms with van der Waals surface area (Å²) in [6.45, 7) is 4.86. The summed E-state index contributed by atoms with van der Waals surface area (Å²) in [6.07, 6.45) is 5.89. The standard InChI is InChI=1S/C14H32NO3S.HI/c1-6-7-8-9-11-14(2)18-19(16,17)13-10-12-15(3,4)5;/h14H,6-13H2,1-5H3;1H/q+1;/p-1. The lowest BCUT2D eigenvalue weighted by Gasteiger charge is -2.23. The third-order valence-corrected chi connectivity index (χ3v) is 4.41. The Morgan fingerprint density at radius 1 is 1.05 bits per heavy atom. The van der Waals surface area contributed by atoms with Gasteiger partial charge in [0.1, 0.15) is 0 Å². The summed E-state index contributed by atoms with van der Waals surface area (Å²) >= 11 is 0. The first-order valence-corrected chi connectivity index (χ1v) is 8.95. The predicted molar refractivity (Wildman–Crippen MR) is 80.6 cm³/mol. The molecule has 0 fully saturated rings. The third-order valence-electron chi connectivity index (χ3n) is 3.00. The van der Waals surface area contributed by atoms with Gasteiger partial charge in [-0.05, 0) is 13.3 Å². The van der Waals surface area contributed by atoms with E-state index in [1.54, 1.807) is 0 Å². The molecule has 0 spiro atoms. The minimum Gasteiger partial charge on any atom is -1.00 e. The van der Waals surface area contributed by atoms with Gasteiger partial charge in [-0.1, -0.05) is 32.6 Å². The molecule has 6 heteroatoms. The fourth-order valence-electron chi connectivity index (χ4n) is 1.92. The van der Waals surface area contributed by atoms with E-state index in [0.717, 1.165) is 30.3 Å². The lowest BCUT2D eigenvalue weighted by molar-refractivity contribution is -0.870. The van der Waals surface area contributed by atoms with E-state index >= 15 is 0 Å². The van der Waals surface area contributed by atoms with E-state index in [-0.39, 0.29) is 35.8 Å². The van der Waals surface area contributed by atoms with Crippen molar-refractivity contribution in [3.8, 4) is 0 Å². The Kier molecular flexibility index (Phi) is 12.8. The van der Waals surface area contributed by atoms with Crippen LogP contribution in [0, 0.1) is 0 Å². The van der Waals surface area contributed by atoms with Crippen molar-refractivity contribution in [2.45, 2.75) is 58.5 Å². The molecule has 0 aromatic heterocycles. The van der Waals surface area contributed by atoms with Crippen molar-refractivity contribution in [3.05, 3.63) is 0 Å². The van der Waals surface area contributed by atoms with E-state index < -0.39 is 10.1 Å². The van der Waals surface area contributed by atoms with Gasteiger partial charge in [-0.25, -0.2) is 0 Å². The van der Waals surface area contributed by atoms with Crippen LogP contribution in [-0.2, 0) is 14.3 Å². The molecule has 0 bridgehead atoms. The molecule has 0 heterocycles. The average Bonchev–Trinajstić information content (AvgIpc) is 2.21. The summed E-state index contributed by atoms with van der Waals surface area (Å²) in [5, 5.41) is 0. The van der Waals surface area contributed by atoms with Crippen LogP contribution in [0.3, 0.4) is 0 Å². The maximum Gasteiger partial charge on any atom is 0.267 e. The van der Waals surface area contributed by atoms with Crippen molar-refractivity contribution in [1.82, 2.24) is 0 Å². The molecular formula is C14H32INO3S. The second-order valence-corrected chi connectivity index (χ2v) is 8.10. The Morgan fingerprint density at radius 3 is 2.15 bits per heavy atom. The fourth-order valence-corrected chi connectivity index (χ4v) is 3.10. The Morgan fingerprint density at radius 2 is 1.65 bits per heavy atom. The zero-order valence-corrected chi connectivity index (χ0v) is 16.7. The summed E-state index contributed by atoms with van der Waals surface area (Å²) in [5.41, 5.74) is 0. The van der Waals surface area contributed by atoms with Crippen LogP contribution >= 0.6 is 0 Å². The summed E-state index contributed by atoms with van der Waals surface area (Å²) in [5.74, 6) is 0.127. The number of halogens is 1.